The highest BCUT2D eigenvalue weighted by molar-refractivity contribution is 9.10. The number of esters is 1. The molecule has 0 aromatic heterocycles. The number of hydrogen-bond donors (Lipinski definition) is 1. The van der Waals surface area contributed by atoms with Gasteiger partial charge < -0.3 is 4.74 Å². The second kappa shape index (κ2) is 6.86. The maximum Gasteiger partial charge on any atom is 0.307 e. The van der Waals surface area contributed by atoms with Crippen LogP contribution in [-0.4, -0.2) is 27.5 Å². The zero-order chi connectivity index (χ0) is 13.6. The molecule has 0 saturated heterocycles. The topological polar surface area (TPSA) is 72.5 Å². The Hall–Kier alpha value is -0.920. The second-order valence-corrected chi connectivity index (χ2v) is 5.97. The van der Waals surface area contributed by atoms with Crippen molar-refractivity contribution in [1.82, 2.24) is 4.72 Å². The summed E-state index contributed by atoms with van der Waals surface area (Å²) in [6.45, 7) is 2.00. The Morgan fingerprint density at radius 2 is 2.06 bits per heavy atom. The largest absolute Gasteiger partial charge is 0.466 e. The molecule has 0 unspecified atom stereocenters. The molecule has 0 aliphatic carbocycles. The van der Waals surface area contributed by atoms with E-state index in [0.29, 0.717) is 4.47 Å². The first-order chi connectivity index (χ1) is 8.47. The smallest absolute Gasteiger partial charge is 0.307 e. The lowest BCUT2D eigenvalue weighted by Gasteiger charge is -2.07. The fourth-order valence-corrected chi connectivity index (χ4v) is 3.29. The predicted molar refractivity (Wildman–Crippen MR) is 70.6 cm³/mol. The molecule has 0 aliphatic rings. The lowest BCUT2D eigenvalue weighted by atomic mass is 10.4. The van der Waals surface area contributed by atoms with E-state index in [9.17, 15) is 13.2 Å². The van der Waals surface area contributed by atoms with Crippen LogP contribution in [0.3, 0.4) is 0 Å². The van der Waals surface area contributed by atoms with Crippen LogP contribution in [0.1, 0.15) is 13.3 Å². The van der Waals surface area contributed by atoms with Crippen LogP contribution in [0.25, 0.3) is 0 Å². The molecule has 0 aliphatic heterocycles. The first kappa shape index (κ1) is 15.1. The fraction of sp³-hybridized carbons (Fsp3) is 0.364. The third-order valence-corrected chi connectivity index (χ3v) is 4.53. The molecule has 0 bridgehead atoms. The van der Waals surface area contributed by atoms with Crippen molar-refractivity contribution in [3.05, 3.63) is 28.7 Å². The number of benzene rings is 1. The highest BCUT2D eigenvalue weighted by Gasteiger charge is 2.16. The van der Waals surface area contributed by atoms with Crippen molar-refractivity contribution < 1.29 is 17.9 Å². The van der Waals surface area contributed by atoms with Gasteiger partial charge in [0.05, 0.1) is 17.9 Å². The van der Waals surface area contributed by atoms with Crippen LogP contribution < -0.4 is 4.72 Å². The molecule has 0 radical (unpaired) electrons. The molecule has 100 valence electrons. The first-order valence-electron chi connectivity index (χ1n) is 5.37. The molecule has 1 aromatic rings. The third-order valence-electron chi connectivity index (χ3n) is 2.05. The summed E-state index contributed by atoms with van der Waals surface area (Å²) in [5.74, 6) is -0.424. The molecule has 0 fully saturated rings. The number of carbonyl (C=O) groups excluding carboxylic acids is 1. The lowest BCUT2D eigenvalue weighted by molar-refractivity contribution is -0.142. The summed E-state index contributed by atoms with van der Waals surface area (Å²) in [6.07, 6.45) is 0.0114. The molecular formula is C11H14BrNO4S. The maximum absolute atomic E-state index is 11.9. The molecule has 0 atom stereocenters. The maximum atomic E-state index is 11.9. The number of carbonyl (C=O) groups is 1. The van der Waals surface area contributed by atoms with Crippen molar-refractivity contribution in [3.63, 3.8) is 0 Å². The predicted octanol–water partition coefficient (Wildman–Crippen LogP) is 1.68. The Kier molecular flexibility index (Phi) is 5.77. The Balaban J connectivity index is 2.61. The van der Waals surface area contributed by atoms with Gasteiger partial charge >= 0.3 is 5.97 Å². The number of hydrogen-bond acceptors (Lipinski definition) is 4. The number of sulfonamides is 1. The first-order valence-corrected chi connectivity index (χ1v) is 7.65. The van der Waals surface area contributed by atoms with Crippen molar-refractivity contribution >= 4 is 31.9 Å². The van der Waals surface area contributed by atoms with E-state index < -0.39 is 16.0 Å². The van der Waals surface area contributed by atoms with E-state index in [2.05, 4.69) is 20.7 Å². The molecule has 0 amide bonds. The monoisotopic (exact) mass is 335 g/mol. The van der Waals surface area contributed by atoms with Crippen molar-refractivity contribution in [2.75, 3.05) is 13.2 Å². The minimum atomic E-state index is -3.61. The van der Waals surface area contributed by atoms with Crippen LogP contribution in [0.4, 0.5) is 0 Å². The minimum absolute atomic E-state index is 0.0114. The highest BCUT2D eigenvalue weighted by Crippen LogP contribution is 2.20. The van der Waals surface area contributed by atoms with Crippen LogP contribution >= 0.6 is 15.9 Å². The molecule has 1 rings (SSSR count). The lowest BCUT2D eigenvalue weighted by Crippen LogP contribution is -2.27. The number of ether oxygens (including phenoxy) is 1. The van der Waals surface area contributed by atoms with Crippen molar-refractivity contribution in [2.45, 2.75) is 18.2 Å². The van der Waals surface area contributed by atoms with Crippen LogP contribution in [-0.2, 0) is 19.6 Å². The molecule has 5 nitrogen and oxygen atoms in total. The number of rotatable bonds is 6. The SMILES string of the molecule is CCOC(=O)CCNS(=O)(=O)c1ccccc1Br. The quantitative estimate of drug-likeness (QED) is 0.803. The third kappa shape index (κ3) is 4.40. The highest BCUT2D eigenvalue weighted by atomic mass is 79.9. The fourth-order valence-electron chi connectivity index (χ4n) is 1.26. The molecule has 0 spiro atoms. The molecule has 0 saturated carbocycles. The van der Waals surface area contributed by atoms with Gasteiger partial charge in [0.15, 0.2) is 0 Å². The second-order valence-electron chi connectivity index (χ2n) is 3.38. The standard InChI is InChI=1S/C11H14BrNO4S/c1-2-17-11(14)7-8-13-18(15,16)10-6-4-3-5-9(10)12/h3-6,13H,2,7-8H2,1H3. The van der Waals surface area contributed by atoms with Gasteiger partial charge in [-0.2, -0.15) is 0 Å². The molecular weight excluding hydrogens is 322 g/mol. The van der Waals surface area contributed by atoms with Gasteiger partial charge in [-0.25, -0.2) is 13.1 Å². The summed E-state index contributed by atoms with van der Waals surface area (Å²) in [5, 5.41) is 0. The summed E-state index contributed by atoms with van der Waals surface area (Å²) in [7, 11) is -3.61. The molecule has 1 aromatic carbocycles. The Bertz CT molecular complexity index is 516. The average molecular weight is 336 g/mol. The van der Waals surface area contributed by atoms with Gasteiger partial charge in [0.2, 0.25) is 10.0 Å². The van der Waals surface area contributed by atoms with Gasteiger partial charge in [0, 0.05) is 11.0 Å². The summed E-state index contributed by atoms with van der Waals surface area (Å²) < 4.78 is 31.3. The van der Waals surface area contributed by atoms with Gasteiger partial charge in [0.25, 0.3) is 0 Å². The van der Waals surface area contributed by atoms with Crippen LogP contribution in [0.15, 0.2) is 33.6 Å². The summed E-state index contributed by atoms with van der Waals surface area (Å²) in [5.41, 5.74) is 0. The van der Waals surface area contributed by atoms with Gasteiger partial charge in [-0.1, -0.05) is 12.1 Å². The molecule has 0 heterocycles. The molecule has 1 N–H and O–H groups in total. The Morgan fingerprint density at radius 1 is 1.39 bits per heavy atom. The molecule has 18 heavy (non-hydrogen) atoms. The van der Waals surface area contributed by atoms with E-state index in [1.807, 2.05) is 0 Å². The van der Waals surface area contributed by atoms with Gasteiger partial charge in [-0.05, 0) is 35.0 Å². The van der Waals surface area contributed by atoms with Crippen molar-refractivity contribution in [3.8, 4) is 0 Å². The van der Waals surface area contributed by atoms with E-state index in [4.69, 9.17) is 4.74 Å². The minimum Gasteiger partial charge on any atom is -0.466 e. The van der Waals surface area contributed by atoms with E-state index in [1.54, 1.807) is 25.1 Å². The summed E-state index contributed by atoms with van der Waals surface area (Å²) >= 11 is 3.17. The van der Waals surface area contributed by atoms with Gasteiger partial charge in [-0.15, -0.1) is 0 Å². The van der Waals surface area contributed by atoms with E-state index >= 15 is 0 Å². The van der Waals surface area contributed by atoms with Crippen LogP contribution in [0, 0.1) is 0 Å². The van der Waals surface area contributed by atoms with Crippen molar-refractivity contribution in [1.29, 1.82) is 0 Å². The van der Waals surface area contributed by atoms with E-state index in [0.717, 1.165) is 0 Å². The van der Waals surface area contributed by atoms with Crippen LogP contribution in [0.2, 0.25) is 0 Å². The zero-order valence-electron chi connectivity index (χ0n) is 9.85. The number of nitrogens with one attached hydrogen (secondary N) is 1. The summed E-state index contributed by atoms with van der Waals surface area (Å²) in [6, 6.07) is 6.48. The Morgan fingerprint density at radius 3 is 2.67 bits per heavy atom. The van der Waals surface area contributed by atoms with Gasteiger partial charge in [0.1, 0.15) is 0 Å². The Labute approximate surface area is 115 Å². The van der Waals surface area contributed by atoms with E-state index in [-0.39, 0.29) is 24.5 Å². The van der Waals surface area contributed by atoms with Gasteiger partial charge in [-0.3, -0.25) is 4.79 Å². The summed E-state index contributed by atoms with van der Waals surface area (Å²) in [4.78, 5) is 11.2. The number of halogens is 1. The zero-order valence-corrected chi connectivity index (χ0v) is 12.3. The normalized spacial score (nSPS) is 11.2. The van der Waals surface area contributed by atoms with E-state index in [1.165, 1.54) is 6.07 Å². The van der Waals surface area contributed by atoms with Crippen molar-refractivity contribution in [2.24, 2.45) is 0 Å². The van der Waals surface area contributed by atoms with Crippen LogP contribution in [0.5, 0.6) is 0 Å². The molecule has 7 heteroatoms. The average Bonchev–Trinajstić information content (AvgIpc) is 2.29.